The lowest BCUT2D eigenvalue weighted by molar-refractivity contribution is -0.137. The standard InChI is InChI=1S/C18H18F3N3O2S/c1-3-4-11(2)17(26)24-10-27-9-15(24)16(25)13(7-22)14-6-5-12(8-23-14)18(19,20)21/h4-6,8,13,15H,3,9-10H2,1-2H3/b11-4+/t13-,15+/m0/s1. The van der Waals surface area contributed by atoms with E-state index >= 15 is 0 Å². The van der Waals surface area contributed by atoms with Gasteiger partial charge in [-0.2, -0.15) is 18.4 Å². The summed E-state index contributed by atoms with van der Waals surface area (Å²) < 4.78 is 38.0. The Labute approximate surface area is 159 Å². The lowest BCUT2D eigenvalue weighted by Crippen LogP contribution is -2.44. The predicted octanol–water partition coefficient (Wildman–Crippen LogP) is 3.53. The molecular formula is C18H18F3N3O2S. The Bertz CT molecular complexity index is 785. The van der Waals surface area contributed by atoms with Crippen molar-refractivity contribution in [1.82, 2.24) is 9.88 Å². The maximum Gasteiger partial charge on any atom is 0.417 e. The van der Waals surface area contributed by atoms with Crippen LogP contribution in [0.1, 0.15) is 37.4 Å². The fourth-order valence-electron chi connectivity index (χ4n) is 2.71. The molecule has 2 rings (SSSR count). The van der Waals surface area contributed by atoms with Crippen LogP contribution < -0.4 is 0 Å². The summed E-state index contributed by atoms with van der Waals surface area (Å²) in [7, 11) is 0. The minimum absolute atomic E-state index is 0.0550. The Kier molecular flexibility index (Phi) is 6.65. The van der Waals surface area contributed by atoms with E-state index in [4.69, 9.17) is 0 Å². The summed E-state index contributed by atoms with van der Waals surface area (Å²) >= 11 is 1.39. The van der Waals surface area contributed by atoms with Gasteiger partial charge >= 0.3 is 6.18 Å². The van der Waals surface area contributed by atoms with Crippen LogP contribution in [0.5, 0.6) is 0 Å². The quantitative estimate of drug-likeness (QED) is 0.711. The number of alkyl halides is 3. The maximum absolute atomic E-state index is 12.8. The topological polar surface area (TPSA) is 74.1 Å². The SMILES string of the molecule is CC/C=C(\C)C(=O)N1CSC[C@@H]1C(=O)[C@@H](C#N)c1ccc(C(F)(F)F)cn1. The number of pyridine rings is 1. The number of thioether (sulfide) groups is 1. The number of halogens is 3. The van der Waals surface area contributed by atoms with Crippen molar-refractivity contribution in [2.24, 2.45) is 0 Å². The molecule has 0 aliphatic carbocycles. The molecule has 0 radical (unpaired) electrons. The van der Waals surface area contributed by atoms with Gasteiger partial charge in [0.15, 0.2) is 5.78 Å². The number of aromatic nitrogens is 1. The summed E-state index contributed by atoms with van der Waals surface area (Å²) in [5.74, 6) is -1.49. The third kappa shape index (κ3) is 4.69. The third-order valence-corrected chi connectivity index (χ3v) is 5.15. The molecule has 1 amide bonds. The number of ketones is 1. The zero-order valence-corrected chi connectivity index (χ0v) is 15.6. The second-order valence-corrected chi connectivity index (χ2v) is 7.02. The number of hydrogen-bond acceptors (Lipinski definition) is 5. The number of nitriles is 1. The summed E-state index contributed by atoms with van der Waals surface area (Å²) in [5, 5.41) is 9.40. The summed E-state index contributed by atoms with van der Waals surface area (Å²) in [6, 6.07) is 2.83. The molecule has 1 aliphatic rings. The number of rotatable bonds is 5. The first-order chi connectivity index (χ1) is 12.7. The van der Waals surface area contributed by atoms with Crippen LogP contribution in [-0.2, 0) is 15.8 Å². The number of allylic oxidation sites excluding steroid dienone is 1. The summed E-state index contributed by atoms with van der Waals surface area (Å²) in [5.41, 5.74) is -0.497. The number of amides is 1. The molecule has 144 valence electrons. The first kappa shape index (κ1) is 21.0. The van der Waals surface area contributed by atoms with Gasteiger partial charge in [-0.3, -0.25) is 14.6 Å². The van der Waals surface area contributed by atoms with Crippen LogP contribution in [0.3, 0.4) is 0 Å². The van der Waals surface area contributed by atoms with Crippen LogP contribution in [0, 0.1) is 11.3 Å². The van der Waals surface area contributed by atoms with Gasteiger partial charge in [0.2, 0.25) is 5.91 Å². The molecule has 1 fully saturated rings. The van der Waals surface area contributed by atoms with Gasteiger partial charge in [0.1, 0.15) is 12.0 Å². The minimum atomic E-state index is -4.55. The van der Waals surface area contributed by atoms with E-state index in [1.165, 1.54) is 16.7 Å². The highest BCUT2D eigenvalue weighted by Gasteiger charge is 2.39. The molecule has 0 bridgehead atoms. The summed E-state index contributed by atoms with van der Waals surface area (Å²) in [4.78, 5) is 30.4. The van der Waals surface area contributed by atoms with Crippen LogP contribution in [0.2, 0.25) is 0 Å². The van der Waals surface area contributed by atoms with E-state index in [0.717, 1.165) is 12.1 Å². The zero-order chi connectivity index (χ0) is 20.2. The van der Waals surface area contributed by atoms with Gasteiger partial charge in [0, 0.05) is 17.5 Å². The van der Waals surface area contributed by atoms with Gasteiger partial charge < -0.3 is 4.90 Å². The van der Waals surface area contributed by atoms with Crippen LogP contribution in [0.25, 0.3) is 0 Å². The Morgan fingerprint density at radius 1 is 1.48 bits per heavy atom. The molecule has 5 nitrogen and oxygen atoms in total. The molecule has 27 heavy (non-hydrogen) atoms. The molecule has 0 spiro atoms. The average molecular weight is 397 g/mol. The third-order valence-electron chi connectivity index (χ3n) is 4.14. The molecular weight excluding hydrogens is 379 g/mol. The molecule has 1 aromatic rings. The molecule has 9 heteroatoms. The van der Waals surface area contributed by atoms with Crippen molar-refractivity contribution in [1.29, 1.82) is 5.26 Å². The van der Waals surface area contributed by atoms with Crippen LogP contribution in [0.4, 0.5) is 13.2 Å². The first-order valence-electron chi connectivity index (χ1n) is 8.22. The first-order valence-corrected chi connectivity index (χ1v) is 9.38. The van der Waals surface area contributed by atoms with E-state index in [1.54, 1.807) is 13.0 Å². The molecule has 2 atom stereocenters. The van der Waals surface area contributed by atoms with Crippen LogP contribution >= 0.6 is 11.8 Å². The van der Waals surface area contributed by atoms with E-state index in [-0.39, 0.29) is 11.6 Å². The maximum atomic E-state index is 12.8. The Balaban J connectivity index is 2.24. The molecule has 1 aliphatic heterocycles. The van der Waals surface area contributed by atoms with E-state index in [9.17, 15) is 28.0 Å². The molecule has 0 unspecified atom stereocenters. The second-order valence-electron chi connectivity index (χ2n) is 6.02. The highest BCUT2D eigenvalue weighted by molar-refractivity contribution is 7.99. The van der Waals surface area contributed by atoms with Gasteiger partial charge in [-0.1, -0.05) is 13.0 Å². The van der Waals surface area contributed by atoms with Crippen LogP contribution in [-0.4, -0.2) is 39.2 Å². The highest BCUT2D eigenvalue weighted by Crippen LogP contribution is 2.31. The lowest BCUT2D eigenvalue weighted by Gasteiger charge is -2.24. The van der Waals surface area contributed by atoms with Crippen molar-refractivity contribution in [3.8, 4) is 6.07 Å². The Morgan fingerprint density at radius 3 is 2.70 bits per heavy atom. The Morgan fingerprint density at radius 2 is 2.19 bits per heavy atom. The normalized spacial score (nSPS) is 18.9. The lowest BCUT2D eigenvalue weighted by atomic mass is 9.95. The van der Waals surface area contributed by atoms with Crippen molar-refractivity contribution in [3.63, 3.8) is 0 Å². The molecule has 1 aromatic heterocycles. The van der Waals surface area contributed by atoms with Gasteiger partial charge in [-0.05, 0) is 25.5 Å². The van der Waals surface area contributed by atoms with Crippen molar-refractivity contribution < 1.29 is 22.8 Å². The number of nitrogens with zero attached hydrogens (tertiary/aromatic N) is 3. The number of carbonyl (C=O) groups excluding carboxylic acids is 2. The molecule has 1 saturated heterocycles. The van der Waals surface area contributed by atoms with Crippen molar-refractivity contribution in [2.45, 2.75) is 38.4 Å². The van der Waals surface area contributed by atoms with Crippen molar-refractivity contribution in [2.75, 3.05) is 11.6 Å². The molecule has 0 N–H and O–H groups in total. The second kappa shape index (κ2) is 8.57. The smallest absolute Gasteiger partial charge is 0.319 e. The largest absolute Gasteiger partial charge is 0.417 e. The predicted molar refractivity (Wildman–Crippen MR) is 94.6 cm³/mol. The van der Waals surface area contributed by atoms with Crippen LogP contribution in [0.15, 0.2) is 30.0 Å². The summed E-state index contributed by atoms with van der Waals surface area (Å²) in [6.07, 6.45) is -1.51. The van der Waals surface area contributed by atoms with E-state index in [1.807, 2.05) is 13.0 Å². The minimum Gasteiger partial charge on any atom is -0.319 e. The molecule has 0 aromatic carbocycles. The number of hydrogen-bond donors (Lipinski definition) is 0. The van der Waals surface area contributed by atoms with E-state index in [0.29, 0.717) is 29.8 Å². The number of carbonyl (C=O) groups is 2. The highest BCUT2D eigenvalue weighted by atomic mass is 32.2. The van der Waals surface area contributed by atoms with Gasteiger partial charge in [0.25, 0.3) is 0 Å². The van der Waals surface area contributed by atoms with E-state index in [2.05, 4.69) is 4.98 Å². The fourth-order valence-corrected chi connectivity index (χ4v) is 3.88. The molecule has 0 saturated carbocycles. The molecule has 2 heterocycles. The monoisotopic (exact) mass is 397 g/mol. The van der Waals surface area contributed by atoms with E-state index < -0.39 is 29.5 Å². The Hall–Kier alpha value is -2.34. The van der Waals surface area contributed by atoms with Gasteiger partial charge in [-0.15, -0.1) is 11.8 Å². The number of Topliss-reactive ketones (excluding diaryl/α,β-unsaturated/α-hetero) is 1. The van der Waals surface area contributed by atoms with Crippen molar-refractivity contribution in [3.05, 3.63) is 41.2 Å². The zero-order valence-electron chi connectivity index (χ0n) is 14.8. The summed E-state index contributed by atoms with van der Waals surface area (Å²) in [6.45, 7) is 3.55. The van der Waals surface area contributed by atoms with Gasteiger partial charge in [-0.25, -0.2) is 0 Å². The van der Waals surface area contributed by atoms with Gasteiger partial charge in [0.05, 0.1) is 23.2 Å². The van der Waals surface area contributed by atoms with Crippen molar-refractivity contribution >= 4 is 23.5 Å². The average Bonchev–Trinajstić information content (AvgIpc) is 3.11. The fraction of sp³-hybridized carbons (Fsp3) is 0.444.